The van der Waals surface area contributed by atoms with E-state index in [0.29, 0.717) is 13.2 Å². The minimum atomic E-state index is 0.0522. The van der Waals surface area contributed by atoms with Gasteiger partial charge in [0.2, 0.25) is 0 Å². The first kappa shape index (κ1) is 14.4. The van der Waals surface area contributed by atoms with Crippen LogP contribution in [-0.2, 0) is 9.47 Å². The van der Waals surface area contributed by atoms with Crippen molar-refractivity contribution in [1.29, 1.82) is 0 Å². The Labute approximate surface area is 107 Å². The summed E-state index contributed by atoms with van der Waals surface area (Å²) < 4.78 is 10.6. The van der Waals surface area contributed by atoms with Crippen LogP contribution in [0.15, 0.2) is 6.07 Å². The van der Waals surface area contributed by atoms with Gasteiger partial charge in [0, 0.05) is 15.3 Å². The van der Waals surface area contributed by atoms with E-state index in [2.05, 4.69) is 0 Å². The van der Waals surface area contributed by atoms with Crippen LogP contribution in [-0.4, -0.2) is 31.7 Å². The first-order valence-corrected chi connectivity index (χ1v) is 6.62. The van der Waals surface area contributed by atoms with Gasteiger partial charge in [-0.15, -0.1) is 11.3 Å². The van der Waals surface area contributed by atoms with Gasteiger partial charge in [0.15, 0.2) is 5.78 Å². The van der Waals surface area contributed by atoms with E-state index in [1.165, 1.54) is 0 Å². The number of hydrogen-bond acceptors (Lipinski definition) is 4. The topological polar surface area (TPSA) is 35.5 Å². The molecule has 0 fully saturated rings. The standard InChI is InChI=1S/C13H20O3S/c1-9(2)16-6-5-15-8-13(14)12-7-10(3)17-11(12)4/h7,9H,5-6,8H2,1-4H3. The zero-order valence-electron chi connectivity index (χ0n) is 10.9. The van der Waals surface area contributed by atoms with Crippen LogP contribution >= 0.6 is 11.3 Å². The molecular weight excluding hydrogens is 236 g/mol. The monoisotopic (exact) mass is 256 g/mol. The van der Waals surface area contributed by atoms with Gasteiger partial charge in [-0.1, -0.05) is 0 Å². The first-order chi connectivity index (χ1) is 8.00. The van der Waals surface area contributed by atoms with Crippen molar-refractivity contribution in [3.63, 3.8) is 0 Å². The highest BCUT2D eigenvalue weighted by molar-refractivity contribution is 7.12. The summed E-state index contributed by atoms with van der Waals surface area (Å²) in [6, 6.07) is 1.93. The Morgan fingerprint density at radius 1 is 1.35 bits per heavy atom. The Morgan fingerprint density at radius 2 is 2.06 bits per heavy atom. The van der Waals surface area contributed by atoms with Crippen molar-refractivity contribution in [3.8, 4) is 0 Å². The van der Waals surface area contributed by atoms with Crippen molar-refractivity contribution in [2.24, 2.45) is 0 Å². The zero-order valence-corrected chi connectivity index (χ0v) is 11.7. The Morgan fingerprint density at radius 3 is 2.59 bits per heavy atom. The highest BCUT2D eigenvalue weighted by atomic mass is 32.1. The van der Waals surface area contributed by atoms with Gasteiger partial charge in [-0.05, 0) is 33.8 Å². The maximum absolute atomic E-state index is 11.8. The van der Waals surface area contributed by atoms with Gasteiger partial charge in [-0.3, -0.25) is 4.79 Å². The average molecular weight is 256 g/mol. The van der Waals surface area contributed by atoms with Crippen molar-refractivity contribution in [2.75, 3.05) is 19.8 Å². The molecule has 1 heterocycles. The van der Waals surface area contributed by atoms with Gasteiger partial charge in [0.1, 0.15) is 6.61 Å². The molecule has 1 rings (SSSR count). The average Bonchev–Trinajstić information content (AvgIpc) is 2.56. The third-order valence-electron chi connectivity index (χ3n) is 2.25. The number of thiophene rings is 1. The fourth-order valence-electron chi connectivity index (χ4n) is 1.49. The molecule has 0 atom stereocenters. The Bertz CT molecular complexity index is 369. The molecule has 0 aliphatic carbocycles. The summed E-state index contributed by atoms with van der Waals surface area (Å²) in [5, 5.41) is 0. The fourth-order valence-corrected chi connectivity index (χ4v) is 2.44. The normalized spacial score (nSPS) is 11.1. The van der Waals surface area contributed by atoms with E-state index < -0.39 is 0 Å². The summed E-state index contributed by atoms with van der Waals surface area (Å²) in [7, 11) is 0. The van der Waals surface area contributed by atoms with Crippen LogP contribution in [0.5, 0.6) is 0 Å². The molecule has 0 N–H and O–H groups in total. The van der Waals surface area contributed by atoms with Gasteiger partial charge < -0.3 is 9.47 Å². The number of carbonyl (C=O) groups excluding carboxylic acids is 1. The maximum Gasteiger partial charge on any atom is 0.189 e. The van der Waals surface area contributed by atoms with Crippen LogP contribution in [0.25, 0.3) is 0 Å². The number of hydrogen-bond donors (Lipinski definition) is 0. The first-order valence-electron chi connectivity index (χ1n) is 5.80. The van der Waals surface area contributed by atoms with Crippen molar-refractivity contribution in [2.45, 2.75) is 33.8 Å². The zero-order chi connectivity index (χ0) is 12.8. The van der Waals surface area contributed by atoms with Gasteiger partial charge in [-0.25, -0.2) is 0 Å². The van der Waals surface area contributed by atoms with Crippen molar-refractivity contribution in [1.82, 2.24) is 0 Å². The smallest absolute Gasteiger partial charge is 0.189 e. The lowest BCUT2D eigenvalue weighted by atomic mass is 10.2. The molecule has 0 bridgehead atoms. The summed E-state index contributed by atoms with van der Waals surface area (Å²) in [5.41, 5.74) is 0.789. The Hall–Kier alpha value is -0.710. The van der Waals surface area contributed by atoms with E-state index >= 15 is 0 Å². The number of rotatable bonds is 7. The molecule has 3 nitrogen and oxygen atoms in total. The summed E-state index contributed by atoms with van der Waals surface area (Å²) in [5.74, 6) is 0.0522. The molecule has 0 saturated heterocycles. The minimum absolute atomic E-state index is 0.0522. The van der Waals surface area contributed by atoms with E-state index in [9.17, 15) is 4.79 Å². The predicted octanol–water partition coefficient (Wildman–Crippen LogP) is 2.99. The molecule has 1 aromatic rings. The molecule has 0 aliphatic heterocycles. The summed E-state index contributed by atoms with van der Waals surface area (Å²) >= 11 is 1.64. The predicted molar refractivity (Wildman–Crippen MR) is 70.0 cm³/mol. The molecule has 0 aromatic carbocycles. The summed E-state index contributed by atoms with van der Waals surface area (Å²) in [6.45, 7) is 9.06. The molecule has 1 aromatic heterocycles. The molecule has 96 valence electrons. The molecule has 0 amide bonds. The second-order valence-electron chi connectivity index (χ2n) is 4.22. The van der Waals surface area contributed by atoms with E-state index in [1.54, 1.807) is 11.3 Å². The molecule has 0 aliphatic rings. The van der Waals surface area contributed by atoms with Crippen LogP contribution in [0.3, 0.4) is 0 Å². The lowest BCUT2D eigenvalue weighted by molar-refractivity contribution is 0.0208. The van der Waals surface area contributed by atoms with Gasteiger partial charge >= 0.3 is 0 Å². The van der Waals surface area contributed by atoms with Gasteiger partial charge in [0.05, 0.1) is 19.3 Å². The fraction of sp³-hybridized carbons (Fsp3) is 0.615. The molecule has 0 saturated carbocycles. The lowest BCUT2D eigenvalue weighted by Crippen LogP contribution is -2.14. The molecule has 0 unspecified atom stereocenters. The van der Waals surface area contributed by atoms with Crippen LogP contribution in [0.2, 0.25) is 0 Å². The molecular formula is C13H20O3S. The van der Waals surface area contributed by atoms with E-state index in [1.807, 2.05) is 33.8 Å². The highest BCUT2D eigenvalue weighted by Crippen LogP contribution is 2.20. The van der Waals surface area contributed by atoms with Crippen molar-refractivity contribution >= 4 is 17.1 Å². The van der Waals surface area contributed by atoms with Crippen LogP contribution in [0.1, 0.15) is 34.0 Å². The second kappa shape index (κ2) is 6.89. The Balaban J connectivity index is 2.28. The summed E-state index contributed by atoms with van der Waals surface area (Å²) in [6.07, 6.45) is 0.205. The number of aryl methyl sites for hydroxylation is 2. The highest BCUT2D eigenvalue weighted by Gasteiger charge is 2.11. The Kier molecular flexibility index (Phi) is 5.82. The van der Waals surface area contributed by atoms with Crippen LogP contribution < -0.4 is 0 Å². The second-order valence-corrected chi connectivity index (χ2v) is 5.68. The molecule has 4 heteroatoms. The van der Waals surface area contributed by atoms with E-state index in [4.69, 9.17) is 9.47 Å². The van der Waals surface area contributed by atoms with Crippen LogP contribution in [0.4, 0.5) is 0 Å². The number of ketones is 1. The van der Waals surface area contributed by atoms with Gasteiger partial charge in [0.25, 0.3) is 0 Å². The number of ether oxygens (including phenoxy) is 2. The minimum Gasteiger partial charge on any atom is -0.376 e. The maximum atomic E-state index is 11.8. The third-order valence-corrected chi connectivity index (χ3v) is 3.22. The molecule has 0 spiro atoms. The summed E-state index contributed by atoms with van der Waals surface area (Å²) in [4.78, 5) is 14.0. The van der Waals surface area contributed by atoms with Gasteiger partial charge in [-0.2, -0.15) is 0 Å². The molecule has 17 heavy (non-hydrogen) atoms. The molecule has 0 radical (unpaired) electrons. The number of Topliss-reactive ketones (excluding diaryl/α,β-unsaturated/α-hetero) is 1. The van der Waals surface area contributed by atoms with Crippen molar-refractivity contribution < 1.29 is 14.3 Å². The largest absolute Gasteiger partial charge is 0.376 e. The third kappa shape index (κ3) is 4.98. The van der Waals surface area contributed by atoms with E-state index in [0.717, 1.165) is 15.3 Å². The quantitative estimate of drug-likeness (QED) is 0.556. The van der Waals surface area contributed by atoms with E-state index in [-0.39, 0.29) is 18.5 Å². The van der Waals surface area contributed by atoms with Crippen molar-refractivity contribution in [3.05, 3.63) is 21.4 Å². The van der Waals surface area contributed by atoms with Crippen LogP contribution in [0, 0.1) is 13.8 Å². The SMILES string of the molecule is Cc1cc(C(=O)COCCOC(C)C)c(C)s1. The lowest BCUT2D eigenvalue weighted by Gasteiger charge is -2.07. The number of carbonyl (C=O) groups is 1.